The van der Waals surface area contributed by atoms with Gasteiger partial charge >= 0.3 is 0 Å². The van der Waals surface area contributed by atoms with Gasteiger partial charge in [0.25, 0.3) is 0 Å². The lowest BCUT2D eigenvalue weighted by Gasteiger charge is -2.26. The fraction of sp³-hybridized carbons (Fsp3) is 0.176. The largest absolute Gasteiger partial charge is 0.383 e. The Morgan fingerprint density at radius 1 is 1.09 bits per heavy atom. The molecule has 3 aromatic rings. The monoisotopic (exact) mass is 326 g/mol. The van der Waals surface area contributed by atoms with Crippen LogP contribution in [0.15, 0.2) is 48.5 Å². The predicted octanol–water partition coefficient (Wildman–Crippen LogP) is 3.41. The minimum atomic E-state index is -0.748. The molecule has 5 nitrogen and oxygen atoms in total. The minimum absolute atomic E-state index is 0.384. The molecule has 2 aromatic carbocycles. The maximum absolute atomic E-state index is 10.6. The molecule has 6 heteroatoms. The van der Waals surface area contributed by atoms with Crippen molar-refractivity contribution in [3.05, 3.63) is 65.2 Å². The molecule has 1 unspecified atom stereocenters. The quantitative estimate of drug-likeness (QED) is 0.744. The molecule has 2 heterocycles. The zero-order valence-electron chi connectivity index (χ0n) is 12.5. The molecule has 0 amide bonds. The molecule has 0 spiro atoms. The van der Waals surface area contributed by atoms with E-state index in [2.05, 4.69) is 15.1 Å². The number of aliphatic hydroxyl groups excluding tert-OH is 1. The summed E-state index contributed by atoms with van der Waals surface area (Å²) in [4.78, 5) is 2.06. The maximum Gasteiger partial charge on any atom is 0.168 e. The van der Waals surface area contributed by atoms with E-state index in [-0.39, 0.29) is 0 Å². The molecule has 1 aliphatic heterocycles. The third-order valence-electron chi connectivity index (χ3n) is 4.04. The number of anilines is 2. The lowest BCUT2D eigenvalue weighted by atomic mass is 10.2. The molecule has 116 valence electrons. The predicted molar refractivity (Wildman–Crippen MR) is 89.5 cm³/mol. The smallest absolute Gasteiger partial charge is 0.168 e. The van der Waals surface area contributed by atoms with Crippen molar-refractivity contribution < 1.29 is 5.11 Å². The molecule has 0 radical (unpaired) electrons. The molecule has 23 heavy (non-hydrogen) atoms. The van der Waals surface area contributed by atoms with Crippen molar-refractivity contribution in [2.75, 3.05) is 11.4 Å². The van der Waals surface area contributed by atoms with E-state index >= 15 is 0 Å². The second-order valence-corrected chi connectivity index (χ2v) is 5.97. The molecule has 1 aliphatic rings. The lowest BCUT2D eigenvalue weighted by molar-refractivity contribution is 0.175. The standard InChI is InChI=1S/C17H15ClN4O/c1-11-19-20-17-16(23)10-21(13-5-3-2-4-6-13)15-9-12(18)7-8-14(15)22(11)17/h2-9,16,23H,10H2,1H3. The van der Waals surface area contributed by atoms with E-state index in [0.29, 0.717) is 17.4 Å². The number of aliphatic hydroxyl groups is 1. The first kappa shape index (κ1) is 14.2. The highest BCUT2D eigenvalue weighted by molar-refractivity contribution is 6.31. The highest BCUT2D eigenvalue weighted by Crippen LogP contribution is 2.38. The molecule has 1 aromatic heterocycles. The molecule has 0 saturated heterocycles. The van der Waals surface area contributed by atoms with Crippen LogP contribution in [0.25, 0.3) is 5.69 Å². The second-order valence-electron chi connectivity index (χ2n) is 5.54. The Balaban J connectivity index is 1.99. The van der Waals surface area contributed by atoms with Gasteiger partial charge in [0, 0.05) is 10.7 Å². The van der Waals surface area contributed by atoms with Crippen molar-refractivity contribution >= 4 is 23.0 Å². The number of β-amino-alcohol motifs (C(OH)–C–C–N with tert-alkyl or cyclic N) is 1. The van der Waals surface area contributed by atoms with Gasteiger partial charge in [-0.3, -0.25) is 4.57 Å². The topological polar surface area (TPSA) is 54.2 Å². The molecule has 0 fully saturated rings. The van der Waals surface area contributed by atoms with Crippen LogP contribution in [0.3, 0.4) is 0 Å². The van der Waals surface area contributed by atoms with Crippen LogP contribution < -0.4 is 4.90 Å². The normalized spacial score (nSPS) is 16.7. The van der Waals surface area contributed by atoms with Crippen molar-refractivity contribution in [3.63, 3.8) is 0 Å². The van der Waals surface area contributed by atoms with Gasteiger partial charge in [0.1, 0.15) is 11.9 Å². The van der Waals surface area contributed by atoms with Crippen molar-refractivity contribution in [1.82, 2.24) is 14.8 Å². The summed E-state index contributed by atoms with van der Waals surface area (Å²) in [6, 6.07) is 15.6. The van der Waals surface area contributed by atoms with Crippen LogP contribution in [0.1, 0.15) is 17.8 Å². The number of halogens is 1. The van der Waals surface area contributed by atoms with Crippen LogP contribution >= 0.6 is 11.6 Å². The maximum atomic E-state index is 10.6. The van der Waals surface area contributed by atoms with Crippen LogP contribution in [-0.2, 0) is 0 Å². The van der Waals surface area contributed by atoms with Gasteiger partial charge in [-0.1, -0.05) is 29.8 Å². The van der Waals surface area contributed by atoms with Crippen molar-refractivity contribution in [1.29, 1.82) is 0 Å². The number of fused-ring (bicyclic) bond motifs is 3. The van der Waals surface area contributed by atoms with Crippen LogP contribution in [-0.4, -0.2) is 26.4 Å². The summed E-state index contributed by atoms with van der Waals surface area (Å²) in [7, 11) is 0. The van der Waals surface area contributed by atoms with E-state index in [0.717, 1.165) is 22.9 Å². The highest BCUT2D eigenvalue weighted by atomic mass is 35.5. The first-order chi connectivity index (χ1) is 11.1. The molecule has 0 aliphatic carbocycles. The Hall–Kier alpha value is -2.37. The van der Waals surface area contributed by atoms with E-state index in [4.69, 9.17) is 11.6 Å². The fourth-order valence-electron chi connectivity index (χ4n) is 3.00. The summed E-state index contributed by atoms with van der Waals surface area (Å²) in [5, 5.41) is 19.5. The highest BCUT2D eigenvalue weighted by Gasteiger charge is 2.29. The van der Waals surface area contributed by atoms with Crippen molar-refractivity contribution in [2.24, 2.45) is 0 Å². The van der Waals surface area contributed by atoms with Crippen molar-refractivity contribution in [2.45, 2.75) is 13.0 Å². The average Bonchev–Trinajstić information content (AvgIpc) is 2.89. The number of aromatic nitrogens is 3. The van der Waals surface area contributed by atoms with Gasteiger partial charge in [0.15, 0.2) is 5.82 Å². The summed E-state index contributed by atoms with van der Waals surface area (Å²) in [6.07, 6.45) is -0.748. The molecule has 1 atom stereocenters. The number of hydrogen-bond donors (Lipinski definition) is 1. The third kappa shape index (κ3) is 2.29. The van der Waals surface area contributed by atoms with Gasteiger partial charge < -0.3 is 10.0 Å². The summed E-state index contributed by atoms with van der Waals surface area (Å²) < 4.78 is 1.89. The van der Waals surface area contributed by atoms with E-state index < -0.39 is 6.10 Å². The summed E-state index contributed by atoms with van der Waals surface area (Å²) >= 11 is 6.23. The zero-order valence-corrected chi connectivity index (χ0v) is 13.3. The van der Waals surface area contributed by atoms with Gasteiger partial charge in [0.05, 0.1) is 17.9 Å². The Morgan fingerprint density at radius 3 is 2.65 bits per heavy atom. The first-order valence-electron chi connectivity index (χ1n) is 7.37. The lowest BCUT2D eigenvalue weighted by Crippen LogP contribution is -2.23. The molecule has 0 bridgehead atoms. The van der Waals surface area contributed by atoms with E-state index in [9.17, 15) is 5.11 Å². The molecule has 1 N–H and O–H groups in total. The van der Waals surface area contributed by atoms with Gasteiger partial charge in [-0.15, -0.1) is 10.2 Å². The number of hydrogen-bond acceptors (Lipinski definition) is 4. The minimum Gasteiger partial charge on any atom is -0.383 e. The molecular weight excluding hydrogens is 312 g/mol. The number of aryl methyl sites for hydroxylation is 1. The SMILES string of the molecule is Cc1nnc2n1-c1ccc(Cl)cc1N(c1ccccc1)CC2O. The van der Waals surface area contributed by atoms with Crippen molar-refractivity contribution in [3.8, 4) is 5.69 Å². The van der Waals surface area contributed by atoms with Gasteiger partial charge in [-0.25, -0.2) is 0 Å². The molecule has 0 saturated carbocycles. The van der Waals surface area contributed by atoms with Crippen LogP contribution in [0.2, 0.25) is 5.02 Å². The Morgan fingerprint density at radius 2 is 1.87 bits per heavy atom. The second kappa shape index (κ2) is 5.37. The zero-order chi connectivity index (χ0) is 16.0. The number of rotatable bonds is 1. The average molecular weight is 327 g/mol. The Kier molecular flexibility index (Phi) is 3.32. The van der Waals surface area contributed by atoms with E-state index in [1.807, 2.05) is 60.0 Å². The summed E-state index contributed by atoms with van der Waals surface area (Å²) in [5.74, 6) is 1.28. The van der Waals surface area contributed by atoms with Gasteiger partial charge in [-0.2, -0.15) is 0 Å². The number of nitrogens with zero attached hydrogens (tertiary/aromatic N) is 4. The van der Waals surface area contributed by atoms with E-state index in [1.54, 1.807) is 0 Å². The first-order valence-corrected chi connectivity index (χ1v) is 7.75. The fourth-order valence-corrected chi connectivity index (χ4v) is 3.17. The molecule has 4 rings (SSSR count). The van der Waals surface area contributed by atoms with E-state index in [1.165, 1.54) is 0 Å². The summed E-state index contributed by atoms with van der Waals surface area (Å²) in [5.41, 5.74) is 2.82. The third-order valence-corrected chi connectivity index (χ3v) is 4.28. The van der Waals surface area contributed by atoms with Gasteiger partial charge in [-0.05, 0) is 37.3 Å². The Bertz CT molecular complexity index is 862. The Labute approximate surface area is 138 Å². The van der Waals surface area contributed by atoms with Gasteiger partial charge in [0.2, 0.25) is 0 Å². The number of benzene rings is 2. The number of para-hydroxylation sites is 1. The summed E-state index contributed by atoms with van der Waals surface area (Å²) in [6.45, 7) is 2.26. The molecular formula is C17H15ClN4O. The van der Waals surface area contributed by atoms with Crippen LogP contribution in [0.4, 0.5) is 11.4 Å². The van der Waals surface area contributed by atoms with Crippen LogP contribution in [0.5, 0.6) is 0 Å². The van der Waals surface area contributed by atoms with Crippen LogP contribution in [0, 0.1) is 6.92 Å².